The fourth-order valence-electron chi connectivity index (χ4n) is 2.50. The molecule has 1 aliphatic carbocycles. The Morgan fingerprint density at radius 1 is 1.16 bits per heavy atom. The van der Waals surface area contributed by atoms with E-state index in [4.69, 9.17) is 5.73 Å². The first kappa shape index (κ1) is 11.9. The van der Waals surface area contributed by atoms with Crippen molar-refractivity contribution in [3.05, 3.63) is 65.5 Å². The molecular formula is C16H14FNO. The number of Topliss-reactive ketones (excluding diaryl/α,β-unsaturated/α-hetero) is 1. The Kier molecular flexibility index (Phi) is 2.82. The predicted molar refractivity (Wildman–Crippen MR) is 72.4 cm³/mol. The average molecular weight is 255 g/mol. The van der Waals surface area contributed by atoms with Crippen molar-refractivity contribution in [2.45, 2.75) is 12.3 Å². The molecule has 0 bridgehead atoms. The molecular weight excluding hydrogens is 241 g/mol. The molecule has 2 nitrogen and oxygen atoms in total. The van der Waals surface area contributed by atoms with E-state index in [1.165, 1.54) is 18.2 Å². The summed E-state index contributed by atoms with van der Waals surface area (Å²) < 4.78 is 13.2. The van der Waals surface area contributed by atoms with E-state index in [2.05, 4.69) is 0 Å². The second kappa shape index (κ2) is 4.50. The van der Waals surface area contributed by atoms with Crippen molar-refractivity contribution >= 4 is 11.5 Å². The van der Waals surface area contributed by atoms with Crippen molar-refractivity contribution in [2.75, 3.05) is 5.73 Å². The van der Waals surface area contributed by atoms with Crippen molar-refractivity contribution in [3.63, 3.8) is 0 Å². The molecule has 3 heteroatoms. The Morgan fingerprint density at radius 3 is 2.63 bits per heavy atom. The Hall–Kier alpha value is -2.16. The number of carbonyl (C=O) groups is 1. The van der Waals surface area contributed by atoms with Gasteiger partial charge in [0, 0.05) is 17.2 Å². The fraction of sp³-hybridized carbons (Fsp3) is 0.188. The fourth-order valence-corrected chi connectivity index (χ4v) is 2.50. The molecule has 2 atom stereocenters. The summed E-state index contributed by atoms with van der Waals surface area (Å²) in [5, 5.41) is 0. The van der Waals surface area contributed by atoms with E-state index >= 15 is 0 Å². The Balaban J connectivity index is 1.82. The molecule has 2 aromatic rings. The minimum absolute atomic E-state index is 0.0501. The molecule has 0 aromatic heterocycles. The summed E-state index contributed by atoms with van der Waals surface area (Å²) in [5.41, 5.74) is 7.58. The summed E-state index contributed by atoms with van der Waals surface area (Å²) in [6.45, 7) is 0. The number of hydrogen-bond acceptors (Lipinski definition) is 2. The quantitative estimate of drug-likeness (QED) is 0.674. The van der Waals surface area contributed by atoms with Gasteiger partial charge in [0.1, 0.15) is 5.82 Å². The van der Waals surface area contributed by atoms with Crippen LogP contribution < -0.4 is 5.73 Å². The maximum absolute atomic E-state index is 13.2. The highest BCUT2D eigenvalue weighted by molar-refractivity contribution is 6.04. The van der Waals surface area contributed by atoms with Crippen LogP contribution in [0.1, 0.15) is 28.3 Å². The number of halogens is 1. The van der Waals surface area contributed by atoms with Crippen molar-refractivity contribution in [1.29, 1.82) is 0 Å². The minimum atomic E-state index is -0.422. The van der Waals surface area contributed by atoms with Gasteiger partial charge in [0.05, 0.1) is 0 Å². The van der Waals surface area contributed by atoms with Crippen LogP contribution in [-0.2, 0) is 0 Å². The molecule has 0 saturated heterocycles. The van der Waals surface area contributed by atoms with Crippen molar-refractivity contribution in [1.82, 2.24) is 0 Å². The molecule has 0 spiro atoms. The molecule has 0 heterocycles. The number of rotatable bonds is 3. The second-order valence-electron chi connectivity index (χ2n) is 4.96. The molecule has 0 radical (unpaired) electrons. The van der Waals surface area contributed by atoms with Gasteiger partial charge in [0.2, 0.25) is 0 Å². The van der Waals surface area contributed by atoms with E-state index in [-0.39, 0.29) is 17.6 Å². The third-order valence-electron chi connectivity index (χ3n) is 3.64. The lowest BCUT2D eigenvalue weighted by Crippen LogP contribution is -2.07. The van der Waals surface area contributed by atoms with Gasteiger partial charge < -0.3 is 5.73 Å². The number of hydrogen-bond donors (Lipinski definition) is 1. The van der Waals surface area contributed by atoms with E-state index < -0.39 is 5.82 Å². The first-order valence-electron chi connectivity index (χ1n) is 6.31. The molecule has 1 aliphatic rings. The second-order valence-corrected chi connectivity index (χ2v) is 4.96. The van der Waals surface area contributed by atoms with Crippen LogP contribution in [0.3, 0.4) is 0 Å². The van der Waals surface area contributed by atoms with Crippen LogP contribution in [-0.4, -0.2) is 5.78 Å². The number of anilines is 1. The van der Waals surface area contributed by atoms with Crippen LogP contribution >= 0.6 is 0 Å². The summed E-state index contributed by atoms with van der Waals surface area (Å²) in [5.74, 6) is -0.289. The first-order valence-corrected chi connectivity index (χ1v) is 6.31. The standard InChI is InChI=1S/C16H14FNO/c17-11-6-7-15(18)14(8-11)16(19)13-9-12(13)10-4-2-1-3-5-10/h1-8,12-13H,9,18H2. The van der Waals surface area contributed by atoms with E-state index in [0.717, 1.165) is 12.0 Å². The molecule has 0 aliphatic heterocycles. The van der Waals surface area contributed by atoms with Crippen LogP contribution in [0.5, 0.6) is 0 Å². The molecule has 0 amide bonds. The lowest BCUT2D eigenvalue weighted by atomic mass is 10.0. The van der Waals surface area contributed by atoms with Crippen molar-refractivity contribution in [2.24, 2.45) is 5.92 Å². The van der Waals surface area contributed by atoms with Gasteiger partial charge in [0.15, 0.2) is 5.78 Å². The summed E-state index contributed by atoms with van der Waals surface area (Å²) in [4.78, 5) is 12.3. The number of ketones is 1. The van der Waals surface area contributed by atoms with Crippen LogP contribution in [0, 0.1) is 11.7 Å². The largest absolute Gasteiger partial charge is 0.398 e. The minimum Gasteiger partial charge on any atom is -0.398 e. The Bertz CT molecular complexity index is 624. The SMILES string of the molecule is Nc1ccc(F)cc1C(=O)C1CC1c1ccccc1. The number of nitrogens with two attached hydrogens (primary N) is 1. The number of benzene rings is 2. The zero-order valence-corrected chi connectivity index (χ0v) is 10.3. The molecule has 1 fully saturated rings. The van der Waals surface area contributed by atoms with E-state index in [1.54, 1.807) is 0 Å². The van der Waals surface area contributed by atoms with Gasteiger partial charge in [-0.1, -0.05) is 30.3 Å². The summed E-state index contributed by atoms with van der Waals surface area (Å²) in [6, 6.07) is 13.9. The zero-order chi connectivity index (χ0) is 13.4. The van der Waals surface area contributed by atoms with Crippen LogP contribution in [0.4, 0.5) is 10.1 Å². The van der Waals surface area contributed by atoms with Gasteiger partial charge in [-0.2, -0.15) is 0 Å². The smallest absolute Gasteiger partial charge is 0.168 e. The predicted octanol–water partition coefficient (Wildman–Crippen LogP) is 3.39. The van der Waals surface area contributed by atoms with Crippen LogP contribution in [0.15, 0.2) is 48.5 Å². The first-order chi connectivity index (χ1) is 9.16. The lowest BCUT2D eigenvalue weighted by Gasteiger charge is -2.05. The van der Waals surface area contributed by atoms with Crippen LogP contribution in [0.2, 0.25) is 0 Å². The van der Waals surface area contributed by atoms with Gasteiger partial charge in [0.25, 0.3) is 0 Å². The molecule has 1 saturated carbocycles. The molecule has 2 N–H and O–H groups in total. The van der Waals surface area contributed by atoms with E-state index in [1.807, 2.05) is 30.3 Å². The highest BCUT2D eigenvalue weighted by Crippen LogP contribution is 2.49. The van der Waals surface area contributed by atoms with Gasteiger partial charge in [-0.05, 0) is 36.1 Å². The third-order valence-corrected chi connectivity index (χ3v) is 3.64. The van der Waals surface area contributed by atoms with Crippen molar-refractivity contribution < 1.29 is 9.18 Å². The summed E-state index contributed by atoms with van der Waals surface area (Å²) in [6.07, 6.45) is 0.818. The van der Waals surface area contributed by atoms with Gasteiger partial charge >= 0.3 is 0 Å². The zero-order valence-electron chi connectivity index (χ0n) is 10.3. The summed E-state index contributed by atoms with van der Waals surface area (Å²) in [7, 11) is 0. The third kappa shape index (κ3) is 2.24. The molecule has 2 aromatic carbocycles. The molecule has 3 rings (SSSR count). The van der Waals surface area contributed by atoms with Crippen molar-refractivity contribution in [3.8, 4) is 0 Å². The highest BCUT2D eigenvalue weighted by Gasteiger charge is 2.44. The van der Waals surface area contributed by atoms with Gasteiger partial charge in [-0.15, -0.1) is 0 Å². The Morgan fingerprint density at radius 2 is 1.89 bits per heavy atom. The molecule has 96 valence electrons. The topological polar surface area (TPSA) is 43.1 Å². The highest BCUT2D eigenvalue weighted by atomic mass is 19.1. The van der Waals surface area contributed by atoms with E-state index in [9.17, 15) is 9.18 Å². The number of nitrogen functional groups attached to an aromatic ring is 1. The summed E-state index contributed by atoms with van der Waals surface area (Å²) >= 11 is 0. The number of carbonyl (C=O) groups excluding carboxylic acids is 1. The normalized spacial score (nSPS) is 21.1. The van der Waals surface area contributed by atoms with Crippen LogP contribution in [0.25, 0.3) is 0 Å². The van der Waals surface area contributed by atoms with E-state index in [0.29, 0.717) is 11.3 Å². The monoisotopic (exact) mass is 255 g/mol. The molecule has 2 unspecified atom stereocenters. The average Bonchev–Trinajstić information content (AvgIpc) is 3.22. The van der Waals surface area contributed by atoms with Gasteiger partial charge in [-0.3, -0.25) is 4.79 Å². The maximum Gasteiger partial charge on any atom is 0.168 e. The molecule has 19 heavy (non-hydrogen) atoms. The maximum atomic E-state index is 13.2. The Labute approximate surface area is 111 Å². The lowest BCUT2D eigenvalue weighted by molar-refractivity contribution is 0.0965. The van der Waals surface area contributed by atoms with Gasteiger partial charge in [-0.25, -0.2) is 4.39 Å².